The van der Waals surface area contributed by atoms with Crippen molar-refractivity contribution in [3.8, 4) is 22.9 Å². The molecule has 0 unspecified atom stereocenters. The maximum atomic E-state index is 6.47. The normalized spacial score (nSPS) is 11.6. The van der Waals surface area contributed by atoms with E-state index in [2.05, 4.69) is 63.4 Å². The van der Waals surface area contributed by atoms with Gasteiger partial charge in [0.2, 0.25) is 11.8 Å². The highest BCUT2D eigenvalue weighted by Crippen LogP contribution is 2.43. The van der Waals surface area contributed by atoms with E-state index in [-0.39, 0.29) is 0 Å². The topological polar surface area (TPSA) is 68.4 Å². The third kappa shape index (κ3) is 3.96. The van der Waals surface area contributed by atoms with Crippen molar-refractivity contribution in [2.24, 2.45) is 0 Å². The molecule has 0 amide bonds. The van der Waals surface area contributed by atoms with Crippen LogP contribution in [0.2, 0.25) is 0 Å². The molecule has 0 aliphatic rings. The fourth-order valence-electron chi connectivity index (χ4n) is 5.83. The number of rotatable bonds is 5. The first kappa shape index (κ1) is 24.5. The average Bonchev–Trinajstić information content (AvgIpc) is 3.81. The highest BCUT2D eigenvalue weighted by Gasteiger charge is 2.20. The van der Waals surface area contributed by atoms with Crippen LogP contribution in [0.3, 0.4) is 0 Å². The van der Waals surface area contributed by atoms with E-state index in [0.29, 0.717) is 11.8 Å². The Hall–Kier alpha value is -6.14. The van der Waals surface area contributed by atoms with E-state index in [0.717, 1.165) is 72.3 Å². The van der Waals surface area contributed by atoms with Gasteiger partial charge in [0.1, 0.15) is 16.6 Å². The zero-order valence-electron chi connectivity index (χ0n) is 23.3. The van der Waals surface area contributed by atoms with Crippen LogP contribution in [0.1, 0.15) is 0 Å². The Labute approximate surface area is 251 Å². The van der Waals surface area contributed by atoms with E-state index in [1.807, 2.05) is 91.0 Å². The summed E-state index contributed by atoms with van der Waals surface area (Å²) in [5.74, 6) is 1.18. The standard InChI is InChI=1S/C38H23N3O3/c1-4-13-33-28(8-1)29-9-7-12-32(36(29)42-33)41(26-20-16-24(17-21-26)37-39-30-10-2-5-14-34(30)43-37)27-22-18-25(19-23-27)38-40-31-11-3-6-15-35(31)44-38/h1-23H. The third-order valence-electron chi connectivity index (χ3n) is 7.96. The van der Waals surface area contributed by atoms with E-state index in [4.69, 9.17) is 13.3 Å². The molecule has 0 fully saturated rings. The number of nitrogens with zero attached hydrogens (tertiary/aromatic N) is 3. The van der Waals surface area contributed by atoms with Crippen LogP contribution < -0.4 is 4.90 Å². The fourth-order valence-corrected chi connectivity index (χ4v) is 5.83. The van der Waals surface area contributed by atoms with Gasteiger partial charge in [-0.3, -0.25) is 0 Å². The summed E-state index contributed by atoms with van der Waals surface area (Å²) in [6.45, 7) is 0. The first-order valence-electron chi connectivity index (χ1n) is 14.4. The largest absolute Gasteiger partial charge is 0.454 e. The van der Waals surface area contributed by atoms with Crippen molar-refractivity contribution in [2.75, 3.05) is 4.90 Å². The van der Waals surface area contributed by atoms with Crippen LogP contribution in [0, 0.1) is 0 Å². The lowest BCUT2D eigenvalue weighted by atomic mass is 10.1. The second kappa shape index (κ2) is 9.71. The van der Waals surface area contributed by atoms with Gasteiger partial charge >= 0.3 is 0 Å². The van der Waals surface area contributed by atoms with Crippen LogP contribution in [-0.4, -0.2) is 9.97 Å². The van der Waals surface area contributed by atoms with Crippen molar-refractivity contribution in [3.63, 3.8) is 0 Å². The van der Waals surface area contributed by atoms with Gasteiger partial charge in [-0.15, -0.1) is 0 Å². The smallest absolute Gasteiger partial charge is 0.227 e. The fraction of sp³-hybridized carbons (Fsp3) is 0. The molecule has 3 heterocycles. The molecule has 6 aromatic carbocycles. The molecule has 0 bridgehead atoms. The summed E-state index contributed by atoms with van der Waals surface area (Å²) in [4.78, 5) is 11.6. The summed E-state index contributed by atoms with van der Waals surface area (Å²) in [7, 11) is 0. The van der Waals surface area contributed by atoms with Crippen LogP contribution >= 0.6 is 0 Å². The number of anilines is 3. The monoisotopic (exact) mass is 569 g/mol. The minimum absolute atomic E-state index is 0.589. The molecule has 9 rings (SSSR count). The Balaban J connectivity index is 1.17. The molecule has 0 atom stereocenters. The third-order valence-corrected chi connectivity index (χ3v) is 7.96. The van der Waals surface area contributed by atoms with Gasteiger partial charge in [0.25, 0.3) is 0 Å². The van der Waals surface area contributed by atoms with Crippen LogP contribution in [0.5, 0.6) is 0 Å². The highest BCUT2D eigenvalue weighted by atomic mass is 16.4. The number of fused-ring (bicyclic) bond motifs is 5. The first-order valence-corrected chi connectivity index (χ1v) is 14.4. The number of oxazole rings is 2. The quantitative estimate of drug-likeness (QED) is 0.205. The number of benzene rings is 6. The van der Waals surface area contributed by atoms with Gasteiger partial charge < -0.3 is 18.2 Å². The summed E-state index contributed by atoms with van der Waals surface area (Å²) in [5, 5.41) is 2.15. The molecule has 0 radical (unpaired) electrons. The van der Waals surface area contributed by atoms with Gasteiger partial charge in [0.15, 0.2) is 16.7 Å². The van der Waals surface area contributed by atoms with Crippen LogP contribution in [0.4, 0.5) is 17.1 Å². The molecule has 9 aromatic rings. The second-order valence-corrected chi connectivity index (χ2v) is 10.7. The number of para-hydroxylation sites is 6. The predicted molar refractivity (Wildman–Crippen MR) is 174 cm³/mol. The van der Waals surface area contributed by atoms with E-state index in [9.17, 15) is 0 Å². The maximum Gasteiger partial charge on any atom is 0.227 e. The van der Waals surface area contributed by atoms with Gasteiger partial charge in [0, 0.05) is 33.3 Å². The molecule has 0 N–H and O–H groups in total. The Morgan fingerprint density at radius 1 is 0.409 bits per heavy atom. The number of furan rings is 1. The average molecular weight is 570 g/mol. The van der Waals surface area contributed by atoms with Gasteiger partial charge in [0.05, 0.1) is 5.69 Å². The molecule has 0 spiro atoms. The van der Waals surface area contributed by atoms with Crippen molar-refractivity contribution >= 4 is 61.2 Å². The zero-order chi connectivity index (χ0) is 29.0. The van der Waals surface area contributed by atoms with Gasteiger partial charge in [-0.05, 0) is 84.9 Å². The van der Waals surface area contributed by atoms with Crippen LogP contribution in [0.15, 0.2) is 153 Å². The molecule has 6 heteroatoms. The molecule has 0 saturated carbocycles. The Kier molecular flexibility index (Phi) is 5.40. The number of hydrogen-bond acceptors (Lipinski definition) is 6. The lowest BCUT2D eigenvalue weighted by Gasteiger charge is -2.25. The second-order valence-electron chi connectivity index (χ2n) is 10.7. The summed E-state index contributed by atoms with van der Waals surface area (Å²) < 4.78 is 18.5. The van der Waals surface area contributed by atoms with E-state index in [1.54, 1.807) is 0 Å². The van der Waals surface area contributed by atoms with Crippen molar-refractivity contribution in [3.05, 3.63) is 140 Å². The van der Waals surface area contributed by atoms with E-state index in [1.165, 1.54) is 0 Å². The van der Waals surface area contributed by atoms with Gasteiger partial charge in [-0.1, -0.05) is 54.6 Å². The Bertz CT molecular complexity index is 2270. The molecule has 44 heavy (non-hydrogen) atoms. The first-order chi connectivity index (χ1) is 21.8. The molecule has 0 saturated heterocycles. The number of aromatic nitrogens is 2. The van der Waals surface area contributed by atoms with E-state index < -0.39 is 0 Å². The lowest BCUT2D eigenvalue weighted by Crippen LogP contribution is -2.10. The molecule has 208 valence electrons. The molecule has 3 aromatic heterocycles. The highest BCUT2D eigenvalue weighted by molar-refractivity contribution is 6.10. The van der Waals surface area contributed by atoms with Crippen molar-refractivity contribution in [1.82, 2.24) is 9.97 Å². The predicted octanol–water partition coefficient (Wildman–Crippen LogP) is 10.7. The molecule has 0 aliphatic heterocycles. The Morgan fingerprint density at radius 2 is 0.909 bits per heavy atom. The van der Waals surface area contributed by atoms with Crippen LogP contribution in [0.25, 0.3) is 67.0 Å². The SMILES string of the molecule is c1ccc2oc(-c3ccc(N(c4ccc(-c5nc6ccccc6o5)cc4)c4cccc5c4oc4ccccc45)cc3)nc2c1. The van der Waals surface area contributed by atoms with Crippen molar-refractivity contribution in [1.29, 1.82) is 0 Å². The summed E-state index contributed by atoms with van der Waals surface area (Å²) in [6, 6.07) is 46.5. The zero-order valence-corrected chi connectivity index (χ0v) is 23.3. The van der Waals surface area contributed by atoms with Gasteiger partial charge in [-0.2, -0.15) is 0 Å². The molecule has 0 aliphatic carbocycles. The minimum Gasteiger partial charge on any atom is -0.454 e. The summed E-state index contributed by atoms with van der Waals surface area (Å²) in [5.41, 5.74) is 9.55. The Morgan fingerprint density at radius 3 is 1.48 bits per heavy atom. The lowest BCUT2D eigenvalue weighted by molar-refractivity contribution is 0.619. The van der Waals surface area contributed by atoms with Crippen molar-refractivity contribution < 1.29 is 13.3 Å². The summed E-state index contributed by atoms with van der Waals surface area (Å²) in [6.07, 6.45) is 0. The van der Waals surface area contributed by atoms with E-state index >= 15 is 0 Å². The van der Waals surface area contributed by atoms with Crippen LogP contribution in [-0.2, 0) is 0 Å². The van der Waals surface area contributed by atoms with Crippen molar-refractivity contribution in [2.45, 2.75) is 0 Å². The molecular weight excluding hydrogens is 546 g/mol. The molecular formula is C38H23N3O3. The maximum absolute atomic E-state index is 6.47. The minimum atomic E-state index is 0.589. The summed E-state index contributed by atoms with van der Waals surface area (Å²) >= 11 is 0. The van der Waals surface area contributed by atoms with Gasteiger partial charge in [-0.25, -0.2) is 9.97 Å². The number of hydrogen-bond donors (Lipinski definition) is 0. The molecule has 6 nitrogen and oxygen atoms in total.